The minimum Gasteiger partial charge on any atom is -0.382 e. The molecule has 0 aliphatic heterocycles. The van der Waals surface area contributed by atoms with Gasteiger partial charge in [0.15, 0.2) is 0 Å². The Morgan fingerprint density at radius 1 is 1.28 bits per heavy atom. The largest absolute Gasteiger partial charge is 0.382 e. The van der Waals surface area contributed by atoms with Gasteiger partial charge in [0.25, 0.3) is 5.92 Å². The molecule has 96 valence electrons. The van der Waals surface area contributed by atoms with Crippen LogP contribution in [0.5, 0.6) is 0 Å². The third-order valence-corrected chi connectivity index (χ3v) is 3.26. The maximum Gasteiger partial charge on any atom is 0.283 e. The Morgan fingerprint density at radius 3 is 2.50 bits per heavy atom. The standard InChI is InChI=1S/C15H16F2O/c1-11-7-9-13(10-8-11)15(16,17)14(18)12-5-3-2-4-6-12/h2-9,13-14,18H,10H2,1H3/t13?,14-/m0/s1. The first kappa shape index (κ1) is 13.0. The summed E-state index contributed by atoms with van der Waals surface area (Å²) >= 11 is 0. The molecule has 1 N–H and O–H groups in total. The number of aliphatic hydroxyl groups is 1. The molecule has 0 amide bonds. The van der Waals surface area contributed by atoms with Crippen LogP contribution >= 0.6 is 0 Å². The molecule has 0 saturated heterocycles. The highest BCUT2D eigenvalue weighted by molar-refractivity contribution is 5.25. The summed E-state index contributed by atoms with van der Waals surface area (Å²) in [5.74, 6) is -4.11. The molecule has 2 rings (SSSR count). The maximum atomic E-state index is 14.2. The van der Waals surface area contributed by atoms with Crippen molar-refractivity contribution in [3.8, 4) is 0 Å². The predicted octanol–water partition coefficient (Wildman–Crippen LogP) is 3.88. The van der Waals surface area contributed by atoms with Gasteiger partial charge in [-0.05, 0) is 18.9 Å². The number of rotatable bonds is 3. The van der Waals surface area contributed by atoms with E-state index in [0.717, 1.165) is 5.57 Å². The lowest BCUT2D eigenvalue weighted by molar-refractivity contribution is -0.138. The van der Waals surface area contributed by atoms with Gasteiger partial charge in [0.1, 0.15) is 6.10 Å². The highest BCUT2D eigenvalue weighted by Gasteiger charge is 2.45. The van der Waals surface area contributed by atoms with Crippen LogP contribution in [0.2, 0.25) is 0 Å². The van der Waals surface area contributed by atoms with E-state index in [4.69, 9.17) is 0 Å². The highest BCUT2D eigenvalue weighted by atomic mass is 19.3. The van der Waals surface area contributed by atoms with Crippen molar-refractivity contribution in [2.45, 2.75) is 25.4 Å². The zero-order valence-electron chi connectivity index (χ0n) is 10.2. The first-order valence-electron chi connectivity index (χ1n) is 5.97. The molecular formula is C15H16F2O. The summed E-state index contributed by atoms with van der Waals surface area (Å²) < 4.78 is 28.4. The molecule has 0 bridgehead atoms. The monoisotopic (exact) mass is 250 g/mol. The number of hydrogen-bond acceptors (Lipinski definition) is 1. The summed E-state index contributed by atoms with van der Waals surface area (Å²) in [6, 6.07) is 8.07. The SMILES string of the molecule is CC1=CCC(C(F)(F)[C@@H](O)c2ccccc2)C=C1. The van der Waals surface area contributed by atoms with Crippen molar-refractivity contribution in [2.24, 2.45) is 5.92 Å². The predicted molar refractivity (Wildman–Crippen MR) is 67.4 cm³/mol. The fraction of sp³-hybridized carbons (Fsp3) is 0.333. The van der Waals surface area contributed by atoms with Crippen LogP contribution in [-0.4, -0.2) is 11.0 Å². The van der Waals surface area contributed by atoms with Gasteiger partial charge >= 0.3 is 0 Å². The molecule has 1 aromatic carbocycles. The van der Waals surface area contributed by atoms with Crippen LogP contribution < -0.4 is 0 Å². The van der Waals surface area contributed by atoms with Gasteiger partial charge in [-0.1, -0.05) is 54.1 Å². The molecule has 1 unspecified atom stereocenters. The molecule has 0 aromatic heterocycles. The first-order valence-corrected chi connectivity index (χ1v) is 5.97. The molecule has 0 radical (unpaired) electrons. The zero-order valence-corrected chi connectivity index (χ0v) is 10.2. The van der Waals surface area contributed by atoms with E-state index in [1.807, 2.05) is 6.92 Å². The molecule has 0 fully saturated rings. The second kappa shape index (κ2) is 5.02. The quantitative estimate of drug-likeness (QED) is 0.863. The van der Waals surface area contributed by atoms with Gasteiger partial charge in [0.2, 0.25) is 0 Å². The van der Waals surface area contributed by atoms with Crippen LogP contribution in [0.3, 0.4) is 0 Å². The zero-order chi connectivity index (χ0) is 13.2. The Morgan fingerprint density at radius 2 is 1.94 bits per heavy atom. The Balaban J connectivity index is 2.19. The minimum absolute atomic E-state index is 0.252. The summed E-state index contributed by atoms with van der Waals surface area (Å²) in [5, 5.41) is 9.86. The van der Waals surface area contributed by atoms with Crippen molar-refractivity contribution in [1.82, 2.24) is 0 Å². The van der Waals surface area contributed by atoms with Crippen LogP contribution in [0.1, 0.15) is 25.0 Å². The summed E-state index contributed by atoms with van der Waals surface area (Å²) in [5.41, 5.74) is 1.23. The number of hydrogen-bond donors (Lipinski definition) is 1. The van der Waals surface area contributed by atoms with Crippen LogP contribution in [0.15, 0.2) is 54.1 Å². The molecular weight excluding hydrogens is 234 g/mol. The topological polar surface area (TPSA) is 20.2 Å². The van der Waals surface area contributed by atoms with Crippen LogP contribution in [0.4, 0.5) is 8.78 Å². The van der Waals surface area contributed by atoms with Crippen molar-refractivity contribution in [2.75, 3.05) is 0 Å². The normalized spacial score (nSPS) is 21.6. The molecule has 0 heterocycles. The number of aliphatic hydroxyl groups excluding tert-OH is 1. The first-order chi connectivity index (χ1) is 8.51. The third kappa shape index (κ3) is 2.51. The van der Waals surface area contributed by atoms with E-state index in [0.29, 0.717) is 0 Å². The van der Waals surface area contributed by atoms with E-state index < -0.39 is 17.9 Å². The molecule has 1 aromatic rings. The van der Waals surface area contributed by atoms with Crippen LogP contribution in [-0.2, 0) is 0 Å². The van der Waals surface area contributed by atoms with E-state index in [1.54, 1.807) is 30.4 Å². The Bertz CT molecular complexity index is 463. The van der Waals surface area contributed by atoms with Crippen molar-refractivity contribution in [3.05, 3.63) is 59.7 Å². The number of halogens is 2. The molecule has 2 atom stereocenters. The van der Waals surface area contributed by atoms with Gasteiger partial charge < -0.3 is 5.11 Å². The average Bonchev–Trinajstić information content (AvgIpc) is 2.39. The second-order valence-corrected chi connectivity index (χ2v) is 4.64. The average molecular weight is 250 g/mol. The maximum absolute atomic E-state index is 14.2. The lowest BCUT2D eigenvalue weighted by atomic mass is 9.86. The summed E-state index contributed by atoms with van der Waals surface area (Å²) in [7, 11) is 0. The number of benzene rings is 1. The van der Waals surface area contributed by atoms with Gasteiger partial charge in [0, 0.05) is 5.92 Å². The lowest BCUT2D eigenvalue weighted by Gasteiger charge is -2.30. The van der Waals surface area contributed by atoms with Crippen molar-refractivity contribution in [1.29, 1.82) is 0 Å². The fourth-order valence-corrected chi connectivity index (χ4v) is 2.07. The van der Waals surface area contributed by atoms with Gasteiger partial charge in [-0.15, -0.1) is 0 Å². The Labute approximate surface area is 105 Å². The molecule has 18 heavy (non-hydrogen) atoms. The minimum atomic E-state index is -3.16. The fourth-order valence-electron chi connectivity index (χ4n) is 2.07. The summed E-state index contributed by atoms with van der Waals surface area (Å²) in [6.07, 6.45) is 3.44. The van der Waals surface area contributed by atoms with Gasteiger partial charge in [-0.2, -0.15) is 0 Å². The van der Waals surface area contributed by atoms with Gasteiger partial charge in [-0.25, -0.2) is 8.78 Å². The van der Waals surface area contributed by atoms with E-state index in [-0.39, 0.29) is 12.0 Å². The molecule has 1 aliphatic carbocycles. The molecule has 0 spiro atoms. The second-order valence-electron chi connectivity index (χ2n) is 4.64. The van der Waals surface area contributed by atoms with E-state index >= 15 is 0 Å². The molecule has 1 aliphatic rings. The number of allylic oxidation sites excluding steroid dienone is 4. The third-order valence-electron chi connectivity index (χ3n) is 3.26. The summed E-state index contributed by atoms with van der Waals surface area (Å²) in [4.78, 5) is 0. The molecule has 0 saturated carbocycles. The van der Waals surface area contributed by atoms with Gasteiger partial charge in [0.05, 0.1) is 0 Å². The number of alkyl halides is 2. The molecule has 1 nitrogen and oxygen atoms in total. The summed E-state index contributed by atoms with van der Waals surface area (Å²) in [6.45, 7) is 1.87. The van der Waals surface area contributed by atoms with E-state index in [1.165, 1.54) is 18.2 Å². The van der Waals surface area contributed by atoms with E-state index in [9.17, 15) is 13.9 Å². The van der Waals surface area contributed by atoms with Crippen LogP contribution in [0, 0.1) is 5.92 Å². The van der Waals surface area contributed by atoms with E-state index in [2.05, 4.69) is 0 Å². The Hall–Kier alpha value is -1.48. The Kier molecular flexibility index (Phi) is 3.62. The van der Waals surface area contributed by atoms with Crippen molar-refractivity contribution < 1.29 is 13.9 Å². The highest BCUT2D eigenvalue weighted by Crippen LogP contribution is 2.41. The van der Waals surface area contributed by atoms with Crippen molar-refractivity contribution in [3.63, 3.8) is 0 Å². The van der Waals surface area contributed by atoms with Crippen molar-refractivity contribution >= 4 is 0 Å². The smallest absolute Gasteiger partial charge is 0.283 e. The van der Waals surface area contributed by atoms with Gasteiger partial charge in [-0.3, -0.25) is 0 Å². The lowest BCUT2D eigenvalue weighted by Crippen LogP contribution is -2.34. The van der Waals surface area contributed by atoms with Crippen LogP contribution in [0.25, 0.3) is 0 Å². The molecule has 3 heteroatoms.